The minimum atomic E-state index is -0.336. The Hall–Kier alpha value is -1.65. The number of aliphatic imine (C=N–C) groups is 1. The second-order valence-corrected chi connectivity index (χ2v) is 8.28. The number of hydrogen-bond acceptors (Lipinski definition) is 4. The van der Waals surface area contributed by atoms with E-state index in [1.165, 1.54) is 12.1 Å². The van der Waals surface area contributed by atoms with Crippen molar-refractivity contribution in [3.63, 3.8) is 0 Å². The summed E-state index contributed by atoms with van der Waals surface area (Å²) in [4.78, 5) is 11.1. The van der Waals surface area contributed by atoms with Crippen LogP contribution in [0.15, 0.2) is 41.5 Å². The van der Waals surface area contributed by atoms with Crippen LogP contribution < -0.4 is 15.5 Å². The van der Waals surface area contributed by atoms with Crippen LogP contribution in [0.1, 0.15) is 25.0 Å². The lowest BCUT2D eigenvalue weighted by Crippen LogP contribution is -2.43. The maximum Gasteiger partial charge on any atom is 0.191 e. The van der Waals surface area contributed by atoms with Crippen LogP contribution in [0.2, 0.25) is 5.02 Å². The molecule has 0 atom stereocenters. The quantitative estimate of drug-likeness (QED) is 0.318. The van der Waals surface area contributed by atoms with E-state index in [0.29, 0.717) is 37.3 Å². The standard InChI is InChI=1S/C22H29ClFN5O.HI/c1-22(2,18-7-6-17(24)13-19(18)23)15-28-21(25-3)27-14-16-5-4-8-26-20(16)29-9-11-30-12-10-29;/h4-8,13H,9-12,14-15H2,1-3H3,(H2,25,27,28);1H. The Morgan fingerprint density at radius 2 is 2.00 bits per heavy atom. The topological polar surface area (TPSA) is 61.8 Å². The van der Waals surface area contributed by atoms with E-state index < -0.39 is 0 Å². The normalized spacial score (nSPS) is 14.7. The first-order chi connectivity index (χ1) is 14.4. The van der Waals surface area contributed by atoms with Crippen molar-refractivity contribution in [2.24, 2.45) is 4.99 Å². The van der Waals surface area contributed by atoms with Crippen molar-refractivity contribution >= 4 is 47.4 Å². The number of hydrogen-bond donors (Lipinski definition) is 2. The van der Waals surface area contributed by atoms with Crippen molar-refractivity contribution in [3.05, 3.63) is 58.5 Å². The monoisotopic (exact) mass is 561 g/mol. The van der Waals surface area contributed by atoms with Crippen LogP contribution in [-0.2, 0) is 16.7 Å². The second kappa shape index (κ2) is 11.8. The van der Waals surface area contributed by atoms with Gasteiger partial charge in [0, 0.05) is 55.4 Å². The van der Waals surface area contributed by atoms with Crippen molar-refractivity contribution in [1.82, 2.24) is 15.6 Å². The first-order valence-electron chi connectivity index (χ1n) is 10.1. The molecular formula is C22H30ClFIN5O. The summed E-state index contributed by atoms with van der Waals surface area (Å²) in [6.07, 6.45) is 1.82. The van der Waals surface area contributed by atoms with Gasteiger partial charge in [0.05, 0.1) is 13.2 Å². The van der Waals surface area contributed by atoms with E-state index in [2.05, 4.69) is 45.4 Å². The third-order valence-corrected chi connectivity index (χ3v) is 5.52. The summed E-state index contributed by atoms with van der Waals surface area (Å²) in [5.41, 5.74) is 1.67. The molecule has 0 unspecified atom stereocenters. The Kier molecular flexibility index (Phi) is 9.77. The molecule has 1 fully saturated rings. The zero-order valence-electron chi connectivity index (χ0n) is 18.1. The van der Waals surface area contributed by atoms with E-state index in [-0.39, 0.29) is 35.2 Å². The van der Waals surface area contributed by atoms with Gasteiger partial charge >= 0.3 is 0 Å². The molecule has 31 heavy (non-hydrogen) atoms. The fourth-order valence-electron chi connectivity index (χ4n) is 3.47. The Morgan fingerprint density at radius 1 is 1.26 bits per heavy atom. The molecule has 1 aliphatic rings. The number of halogens is 3. The van der Waals surface area contributed by atoms with Gasteiger partial charge in [0.1, 0.15) is 11.6 Å². The summed E-state index contributed by atoms with van der Waals surface area (Å²) < 4.78 is 18.8. The molecule has 0 saturated carbocycles. The van der Waals surface area contributed by atoms with Crippen LogP contribution in [0.5, 0.6) is 0 Å². The molecule has 1 aromatic carbocycles. The van der Waals surface area contributed by atoms with Gasteiger partial charge < -0.3 is 20.3 Å². The van der Waals surface area contributed by atoms with Crippen molar-refractivity contribution < 1.29 is 9.13 Å². The average molecular weight is 562 g/mol. The SMILES string of the molecule is CN=C(NCc1cccnc1N1CCOCC1)NCC(C)(C)c1ccc(F)cc1Cl.I. The summed E-state index contributed by atoms with van der Waals surface area (Å²) in [7, 11) is 1.74. The van der Waals surface area contributed by atoms with Gasteiger partial charge in [0.2, 0.25) is 0 Å². The molecule has 0 bridgehead atoms. The number of anilines is 1. The van der Waals surface area contributed by atoms with E-state index in [4.69, 9.17) is 16.3 Å². The third kappa shape index (κ3) is 6.92. The molecule has 2 N–H and O–H groups in total. The summed E-state index contributed by atoms with van der Waals surface area (Å²) in [5, 5.41) is 7.14. The van der Waals surface area contributed by atoms with Crippen molar-refractivity contribution in [3.8, 4) is 0 Å². The van der Waals surface area contributed by atoms with Gasteiger partial charge in [-0.3, -0.25) is 4.99 Å². The van der Waals surface area contributed by atoms with Crippen molar-refractivity contribution in [2.45, 2.75) is 25.8 Å². The van der Waals surface area contributed by atoms with Crippen LogP contribution in [-0.4, -0.2) is 50.8 Å². The van der Waals surface area contributed by atoms with Gasteiger partial charge in [0.25, 0.3) is 0 Å². The number of morpholine rings is 1. The van der Waals surface area contributed by atoms with Crippen LogP contribution in [0.4, 0.5) is 10.2 Å². The first kappa shape index (κ1) is 25.6. The summed E-state index contributed by atoms with van der Waals surface area (Å²) in [6.45, 7) is 8.40. The highest BCUT2D eigenvalue weighted by Gasteiger charge is 2.24. The Labute approximate surface area is 205 Å². The molecule has 1 aliphatic heterocycles. The van der Waals surface area contributed by atoms with Gasteiger partial charge in [0.15, 0.2) is 5.96 Å². The fourth-order valence-corrected chi connectivity index (χ4v) is 3.89. The minimum absolute atomic E-state index is 0. The Balaban J connectivity index is 0.00000341. The van der Waals surface area contributed by atoms with Gasteiger partial charge in [-0.1, -0.05) is 37.6 Å². The summed E-state index contributed by atoms with van der Waals surface area (Å²) in [6, 6.07) is 8.53. The van der Waals surface area contributed by atoms with Gasteiger partial charge in [-0.05, 0) is 23.8 Å². The number of guanidine groups is 1. The summed E-state index contributed by atoms with van der Waals surface area (Å²) in [5.74, 6) is 1.32. The smallest absolute Gasteiger partial charge is 0.191 e. The zero-order valence-corrected chi connectivity index (χ0v) is 21.2. The molecule has 2 aromatic rings. The third-order valence-electron chi connectivity index (χ3n) is 5.21. The molecule has 0 spiro atoms. The molecule has 1 saturated heterocycles. The van der Waals surface area contributed by atoms with E-state index in [0.717, 1.165) is 30.0 Å². The maximum atomic E-state index is 13.4. The fraction of sp³-hybridized carbons (Fsp3) is 0.455. The zero-order chi connectivity index (χ0) is 21.6. The number of rotatable bonds is 6. The lowest BCUT2D eigenvalue weighted by Gasteiger charge is -2.30. The molecule has 0 radical (unpaired) electrons. The first-order valence-corrected chi connectivity index (χ1v) is 10.4. The minimum Gasteiger partial charge on any atom is -0.378 e. The second-order valence-electron chi connectivity index (χ2n) is 7.87. The van der Waals surface area contributed by atoms with Crippen LogP contribution in [0.25, 0.3) is 0 Å². The highest BCUT2D eigenvalue weighted by molar-refractivity contribution is 14.0. The van der Waals surface area contributed by atoms with Crippen LogP contribution >= 0.6 is 35.6 Å². The van der Waals surface area contributed by atoms with Crippen molar-refractivity contribution in [2.75, 3.05) is 44.8 Å². The molecule has 3 rings (SSSR count). The molecule has 2 heterocycles. The number of aromatic nitrogens is 1. The molecule has 0 aliphatic carbocycles. The molecule has 9 heteroatoms. The van der Waals surface area contributed by atoms with Gasteiger partial charge in [-0.15, -0.1) is 24.0 Å². The lowest BCUT2D eigenvalue weighted by atomic mass is 9.84. The Bertz CT molecular complexity index is 890. The lowest BCUT2D eigenvalue weighted by molar-refractivity contribution is 0.122. The number of benzene rings is 1. The molecule has 6 nitrogen and oxygen atoms in total. The predicted molar refractivity (Wildman–Crippen MR) is 135 cm³/mol. The van der Waals surface area contributed by atoms with E-state index in [9.17, 15) is 4.39 Å². The van der Waals surface area contributed by atoms with E-state index in [1.54, 1.807) is 13.1 Å². The van der Waals surface area contributed by atoms with E-state index >= 15 is 0 Å². The Morgan fingerprint density at radius 3 is 2.68 bits per heavy atom. The van der Waals surface area contributed by atoms with Crippen LogP contribution in [0, 0.1) is 5.82 Å². The summed E-state index contributed by atoms with van der Waals surface area (Å²) >= 11 is 6.26. The highest BCUT2D eigenvalue weighted by atomic mass is 127. The molecular weight excluding hydrogens is 532 g/mol. The average Bonchev–Trinajstić information content (AvgIpc) is 2.74. The van der Waals surface area contributed by atoms with E-state index in [1.807, 2.05) is 12.3 Å². The number of pyridine rings is 1. The van der Waals surface area contributed by atoms with Gasteiger partial charge in [-0.2, -0.15) is 0 Å². The number of nitrogens with zero attached hydrogens (tertiary/aromatic N) is 3. The maximum absolute atomic E-state index is 13.4. The molecule has 1 aromatic heterocycles. The number of nitrogens with one attached hydrogen (secondary N) is 2. The van der Waals surface area contributed by atoms with Crippen LogP contribution in [0.3, 0.4) is 0 Å². The predicted octanol–water partition coefficient (Wildman–Crippen LogP) is 3.97. The molecule has 170 valence electrons. The van der Waals surface area contributed by atoms with Gasteiger partial charge in [-0.25, -0.2) is 9.37 Å². The number of ether oxygens (including phenoxy) is 1. The molecule has 0 amide bonds. The van der Waals surface area contributed by atoms with Crippen molar-refractivity contribution in [1.29, 1.82) is 0 Å². The largest absolute Gasteiger partial charge is 0.378 e. The highest BCUT2D eigenvalue weighted by Crippen LogP contribution is 2.30.